The predicted molar refractivity (Wildman–Crippen MR) is 119 cm³/mol. The summed E-state index contributed by atoms with van der Waals surface area (Å²) in [6.07, 6.45) is 1.20. The fraction of sp³-hybridized carbons (Fsp3) is 0.333. The van der Waals surface area contributed by atoms with Gasteiger partial charge in [0.25, 0.3) is 0 Å². The molecule has 1 aliphatic carbocycles. The van der Waals surface area contributed by atoms with Gasteiger partial charge < -0.3 is 4.74 Å². The van der Waals surface area contributed by atoms with E-state index >= 15 is 0 Å². The SMILES string of the molecule is COc1cccc(N2C(=O)CC(c3cccc(Cl)c3Cl)C3=C2CC(C)(C)CC3=O)c1. The molecule has 2 aromatic rings. The summed E-state index contributed by atoms with van der Waals surface area (Å²) < 4.78 is 5.35. The van der Waals surface area contributed by atoms with Gasteiger partial charge in [-0.2, -0.15) is 0 Å². The second kappa shape index (κ2) is 7.75. The number of carbonyl (C=O) groups excluding carboxylic acids is 2. The standard InChI is InChI=1S/C24H23Cl2NO3/c1-24(2)12-19-22(20(28)13-24)17(16-8-5-9-18(25)23(16)26)11-21(29)27(19)14-6-4-7-15(10-14)30-3/h4-10,17H,11-13H2,1-3H3. The highest BCUT2D eigenvalue weighted by Gasteiger charge is 2.44. The zero-order valence-electron chi connectivity index (χ0n) is 17.2. The molecule has 0 saturated carbocycles. The summed E-state index contributed by atoms with van der Waals surface area (Å²) in [6, 6.07) is 12.7. The molecule has 0 N–H and O–H groups in total. The van der Waals surface area contributed by atoms with Crippen molar-refractivity contribution in [3.8, 4) is 5.75 Å². The van der Waals surface area contributed by atoms with Gasteiger partial charge in [-0.05, 0) is 35.6 Å². The molecule has 4 rings (SSSR count). The van der Waals surface area contributed by atoms with E-state index in [0.29, 0.717) is 39.9 Å². The molecular weight excluding hydrogens is 421 g/mol. The molecule has 6 heteroatoms. The number of Topliss-reactive ketones (excluding diaryl/α,β-unsaturated/α-hetero) is 1. The average molecular weight is 444 g/mol. The number of rotatable bonds is 3. The van der Waals surface area contributed by atoms with Gasteiger partial charge in [-0.15, -0.1) is 0 Å². The first-order chi connectivity index (χ1) is 14.2. The van der Waals surface area contributed by atoms with E-state index < -0.39 is 5.92 Å². The van der Waals surface area contributed by atoms with E-state index in [1.165, 1.54) is 0 Å². The Bertz CT molecular complexity index is 1070. The van der Waals surface area contributed by atoms with Gasteiger partial charge in [-0.3, -0.25) is 14.5 Å². The smallest absolute Gasteiger partial charge is 0.232 e. The van der Waals surface area contributed by atoms with Crippen molar-refractivity contribution in [2.75, 3.05) is 12.0 Å². The minimum atomic E-state index is -0.399. The number of halogens is 2. The Labute approximate surface area is 186 Å². The number of benzene rings is 2. The number of methoxy groups -OCH3 is 1. The van der Waals surface area contributed by atoms with E-state index in [9.17, 15) is 9.59 Å². The maximum Gasteiger partial charge on any atom is 0.232 e. The highest BCUT2D eigenvalue weighted by atomic mass is 35.5. The number of ether oxygens (including phenoxy) is 1. The molecule has 2 aliphatic rings. The minimum Gasteiger partial charge on any atom is -0.497 e. The van der Waals surface area contributed by atoms with Crippen LogP contribution >= 0.6 is 23.2 Å². The van der Waals surface area contributed by atoms with Crippen LogP contribution in [0.15, 0.2) is 53.7 Å². The molecule has 1 aliphatic heterocycles. The van der Waals surface area contributed by atoms with Gasteiger partial charge in [-0.1, -0.05) is 55.2 Å². The molecule has 1 heterocycles. The van der Waals surface area contributed by atoms with Crippen molar-refractivity contribution in [1.29, 1.82) is 0 Å². The van der Waals surface area contributed by atoms with Crippen LogP contribution in [0.2, 0.25) is 10.0 Å². The second-order valence-electron chi connectivity index (χ2n) is 8.63. The largest absolute Gasteiger partial charge is 0.497 e. The summed E-state index contributed by atoms with van der Waals surface area (Å²) in [5.41, 5.74) is 2.60. The molecule has 0 radical (unpaired) electrons. The lowest BCUT2D eigenvalue weighted by atomic mass is 9.69. The Morgan fingerprint density at radius 3 is 2.53 bits per heavy atom. The fourth-order valence-electron chi connectivity index (χ4n) is 4.52. The minimum absolute atomic E-state index is 0.0580. The van der Waals surface area contributed by atoms with Crippen molar-refractivity contribution in [3.05, 3.63) is 69.3 Å². The van der Waals surface area contributed by atoms with Gasteiger partial charge in [0.2, 0.25) is 5.91 Å². The number of nitrogens with zero attached hydrogens (tertiary/aromatic N) is 1. The van der Waals surface area contributed by atoms with Crippen molar-refractivity contribution >= 4 is 40.6 Å². The van der Waals surface area contributed by atoms with E-state index in [2.05, 4.69) is 13.8 Å². The molecule has 0 aromatic heterocycles. The molecule has 0 spiro atoms. The predicted octanol–water partition coefficient (Wildman–Crippen LogP) is 6.17. The van der Waals surface area contributed by atoms with E-state index in [0.717, 1.165) is 11.3 Å². The second-order valence-corrected chi connectivity index (χ2v) is 9.42. The first-order valence-corrected chi connectivity index (χ1v) is 10.6. The van der Waals surface area contributed by atoms with Crippen LogP contribution in [0.3, 0.4) is 0 Å². The van der Waals surface area contributed by atoms with Crippen LogP contribution in [0, 0.1) is 5.41 Å². The van der Waals surface area contributed by atoms with Gasteiger partial charge in [0.05, 0.1) is 22.8 Å². The van der Waals surface area contributed by atoms with Crippen LogP contribution in [0.5, 0.6) is 5.75 Å². The fourth-order valence-corrected chi connectivity index (χ4v) is 4.96. The van der Waals surface area contributed by atoms with Crippen molar-refractivity contribution in [2.45, 2.75) is 39.0 Å². The highest BCUT2D eigenvalue weighted by molar-refractivity contribution is 6.42. The first-order valence-electron chi connectivity index (χ1n) is 9.89. The van der Waals surface area contributed by atoms with E-state index in [-0.39, 0.29) is 23.5 Å². The Morgan fingerprint density at radius 1 is 1.07 bits per heavy atom. The monoisotopic (exact) mass is 443 g/mol. The lowest BCUT2D eigenvalue weighted by Crippen LogP contribution is -2.43. The van der Waals surface area contributed by atoms with E-state index in [1.807, 2.05) is 30.3 Å². The van der Waals surface area contributed by atoms with Gasteiger partial charge in [-0.25, -0.2) is 0 Å². The Morgan fingerprint density at radius 2 is 1.80 bits per heavy atom. The summed E-state index contributed by atoms with van der Waals surface area (Å²) in [7, 11) is 1.59. The molecule has 30 heavy (non-hydrogen) atoms. The summed E-state index contributed by atoms with van der Waals surface area (Å²) in [5.74, 6) is 0.240. The quantitative estimate of drug-likeness (QED) is 0.569. The number of ketones is 1. The molecule has 1 unspecified atom stereocenters. The third kappa shape index (κ3) is 3.63. The highest BCUT2D eigenvalue weighted by Crippen LogP contribution is 2.49. The van der Waals surface area contributed by atoms with Crippen molar-refractivity contribution < 1.29 is 14.3 Å². The van der Waals surface area contributed by atoms with E-state index in [1.54, 1.807) is 24.1 Å². The van der Waals surface area contributed by atoms with E-state index in [4.69, 9.17) is 27.9 Å². The van der Waals surface area contributed by atoms with Crippen LogP contribution in [-0.4, -0.2) is 18.8 Å². The number of hydrogen-bond acceptors (Lipinski definition) is 3. The molecule has 0 bridgehead atoms. The van der Waals surface area contributed by atoms with Crippen LogP contribution in [-0.2, 0) is 9.59 Å². The summed E-state index contributed by atoms with van der Waals surface area (Å²) in [4.78, 5) is 28.4. The summed E-state index contributed by atoms with van der Waals surface area (Å²) in [6.45, 7) is 4.11. The lowest BCUT2D eigenvalue weighted by molar-refractivity contribution is -0.121. The topological polar surface area (TPSA) is 46.6 Å². The van der Waals surface area contributed by atoms with Crippen LogP contribution in [0.4, 0.5) is 5.69 Å². The maximum atomic E-state index is 13.4. The third-order valence-electron chi connectivity index (χ3n) is 5.81. The Hall–Kier alpha value is -2.30. The number of carbonyl (C=O) groups is 2. The Balaban J connectivity index is 1.92. The molecular formula is C24H23Cl2NO3. The molecule has 4 nitrogen and oxygen atoms in total. The van der Waals surface area contributed by atoms with Gasteiger partial charge in [0, 0.05) is 36.1 Å². The van der Waals surface area contributed by atoms with Crippen molar-refractivity contribution in [3.63, 3.8) is 0 Å². The van der Waals surface area contributed by atoms with Gasteiger partial charge >= 0.3 is 0 Å². The third-order valence-corrected chi connectivity index (χ3v) is 6.64. The van der Waals surface area contributed by atoms with Gasteiger partial charge in [0.1, 0.15) is 5.75 Å². The average Bonchev–Trinajstić information content (AvgIpc) is 2.68. The van der Waals surface area contributed by atoms with Crippen LogP contribution in [0.25, 0.3) is 0 Å². The Kier molecular flexibility index (Phi) is 5.41. The molecule has 156 valence electrons. The maximum absolute atomic E-state index is 13.4. The summed E-state index contributed by atoms with van der Waals surface area (Å²) in [5, 5.41) is 0.818. The van der Waals surface area contributed by atoms with Gasteiger partial charge in [0.15, 0.2) is 5.78 Å². The number of hydrogen-bond donors (Lipinski definition) is 0. The normalized spacial score (nSPS) is 21.0. The molecule has 0 saturated heterocycles. The molecule has 0 fully saturated rings. The summed E-state index contributed by atoms with van der Waals surface area (Å²) >= 11 is 12.7. The zero-order valence-corrected chi connectivity index (χ0v) is 18.7. The number of amides is 1. The molecule has 2 aromatic carbocycles. The number of allylic oxidation sites excluding steroid dienone is 2. The van der Waals surface area contributed by atoms with Crippen molar-refractivity contribution in [1.82, 2.24) is 0 Å². The zero-order chi connectivity index (χ0) is 21.6. The molecule has 1 amide bonds. The lowest BCUT2D eigenvalue weighted by Gasteiger charge is -2.43. The first kappa shape index (κ1) is 21.0. The number of anilines is 1. The van der Waals surface area contributed by atoms with Crippen LogP contribution < -0.4 is 9.64 Å². The van der Waals surface area contributed by atoms with Crippen LogP contribution in [0.1, 0.15) is 44.6 Å². The van der Waals surface area contributed by atoms with Crippen molar-refractivity contribution in [2.24, 2.45) is 5.41 Å². The molecule has 1 atom stereocenters.